The summed E-state index contributed by atoms with van der Waals surface area (Å²) in [7, 11) is 0. The fourth-order valence-corrected chi connectivity index (χ4v) is 2.73. The number of nitrogens with zero attached hydrogens (tertiary/aromatic N) is 1. The maximum atomic E-state index is 11.6. The van der Waals surface area contributed by atoms with Crippen LogP contribution in [0.4, 0.5) is 5.82 Å². The van der Waals surface area contributed by atoms with Gasteiger partial charge in [0.1, 0.15) is 16.4 Å². The molecule has 1 aromatic heterocycles. The topological polar surface area (TPSA) is 56.0 Å². The van der Waals surface area contributed by atoms with Crippen LogP contribution in [0.25, 0.3) is 0 Å². The Balaban J connectivity index is 0.00000200. The summed E-state index contributed by atoms with van der Waals surface area (Å²) in [5.41, 5.74) is 7.32. The number of aldehydes is 1. The molecule has 20 heavy (non-hydrogen) atoms. The van der Waals surface area contributed by atoms with Gasteiger partial charge in [0.15, 0.2) is 0 Å². The molecule has 0 spiro atoms. The third kappa shape index (κ3) is 3.42. The minimum atomic E-state index is -0.888. The molecule has 0 amide bonds. The molecule has 2 rings (SSSR count). The highest BCUT2D eigenvalue weighted by Crippen LogP contribution is 2.37. The number of alkyl halides is 1. The van der Waals surface area contributed by atoms with Crippen LogP contribution in [0.2, 0.25) is 0 Å². The molecule has 6 heteroatoms. The molecule has 1 unspecified atom stereocenters. The molecule has 0 aliphatic carbocycles. The molecule has 0 saturated carbocycles. The Morgan fingerprint density at radius 2 is 1.90 bits per heavy atom. The quantitative estimate of drug-likeness (QED) is 0.467. The van der Waals surface area contributed by atoms with E-state index in [2.05, 4.69) is 20.9 Å². The maximum absolute atomic E-state index is 11.6. The van der Waals surface area contributed by atoms with Gasteiger partial charge < -0.3 is 10.5 Å². The van der Waals surface area contributed by atoms with Gasteiger partial charge >= 0.3 is 0 Å². The smallest absolute Gasteiger partial charge is 0.145 e. The van der Waals surface area contributed by atoms with Gasteiger partial charge in [-0.15, -0.1) is 28.7 Å². The Kier molecular flexibility index (Phi) is 6.23. The number of hydrogen-bond donors (Lipinski definition) is 1. The first-order valence-corrected chi connectivity index (χ1v) is 7.63. The standard InChI is InChI=1S/C14H13BrN2OS.BrH/c1-19-12-4-2-10(3-5-12)14(15,9-18)11-6-7-17-13(16)8-11;/h2-9H,1H3,(H2,16,17);1H. The van der Waals surface area contributed by atoms with E-state index in [-0.39, 0.29) is 17.0 Å². The van der Waals surface area contributed by atoms with Gasteiger partial charge in [-0.3, -0.25) is 0 Å². The molecule has 0 bridgehead atoms. The number of thioether (sulfide) groups is 1. The normalized spacial score (nSPS) is 13.1. The summed E-state index contributed by atoms with van der Waals surface area (Å²) >= 11 is 5.18. The largest absolute Gasteiger partial charge is 0.384 e. The van der Waals surface area contributed by atoms with Gasteiger partial charge in [-0.25, -0.2) is 4.98 Å². The van der Waals surface area contributed by atoms with Gasteiger partial charge in [-0.05, 0) is 41.6 Å². The van der Waals surface area contributed by atoms with E-state index in [0.717, 1.165) is 22.3 Å². The highest BCUT2D eigenvalue weighted by molar-refractivity contribution is 9.10. The number of halogens is 2. The van der Waals surface area contributed by atoms with E-state index >= 15 is 0 Å². The fourth-order valence-electron chi connectivity index (χ4n) is 1.81. The molecule has 0 saturated heterocycles. The van der Waals surface area contributed by atoms with E-state index in [1.54, 1.807) is 30.1 Å². The highest BCUT2D eigenvalue weighted by Gasteiger charge is 2.31. The third-order valence-electron chi connectivity index (χ3n) is 2.87. The van der Waals surface area contributed by atoms with Crippen molar-refractivity contribution in [2.75, 3.05) is 12.0 Å². The maximum Gasteiger partial charge on any atom is 0.145 e. The second-order valence-corrected chi connectivity index (χ2v) is 6.16. The lowest BCUT2D eigenvalue weighted by atomic mass is 9.93. The lowest BCUT2D eigenvalue weighted by Crippen LogP contribution is -2.21. The zero-order valence-electron chi connectivity index (χ0n) is 10.7. The summed E-state index contributed by atoms with van der Waals surface area (Å²) < 4.78 is -0.888. The van der Waals surface area contributed by atoms with E-state index in [1.165, 1.54) is 0 Å². The van der Waals surface area contributed by atoms with Crippen molar-refractivity contribution in [3.8, 4) is 0 Å². The average molecular weight is 418 g/mol. The Bertz CT molecular complexity index is 592. The minimum Gasteiger partial charge on any atom is -0.384 e. The zero-order chi connectivity index (χ0) is 13.9. The van der Waals surface area contributed by atoms with Gasteiger partial charge in [-0.1, -0.05) is 28.1 Å². The van der Waals surface area contributed by atoms with E-state index < -0.39 is 4.32 Å². The number of carbonyl (C=O) groups excluding carboxylic acids is 1. The van der Waals surface area contributed by atoms with Crippen molar-refractivity contribution in [1.29, 1.82) is 0 Å². The van der Waals surface area contributed by atoms with Gasteiger partial charge in [0.05, 0.1) is 0 Å². The van der Waals surface area contributed by atoms with Crippen LogP contribution >= 0.6 is 44.7 Å². The number of carbonyl (C=O) groups is 1. The number of hydrogen-bond acceptors (Lipinski definition) is 4. The summed E-state index contributed by atoms with van der Waals surface area (Å²) in [6.45, 7) is 0. The predicted molar refractivity (Wildman–Crippen MR) is 93.0 cm³/mol. The van der Waals surface area contributed by atoms with Crippen LogP contribution in [-0.4, -0.2) is 17.5 Å². The highest BCUT2D eigenvalue weighted by atomic mass is 79.9. The molecule has 1 atom stereocenters. The van der Waals surface area contributed by atoms with E-state index in [1.807, 2.05) is 30.5 Å². The molecule has 1 aromatic carbocycles. The summed E-state index contributed by atoms with van der Waals surface area (Å²) in [5.74, 6) is 0.393. The molecule has 0 fully saturated rings. The lowest BCUT2D eigenvalue weighted by Gasteiger charge is -2.22. The Morgan fingerprint density at radius 1 is 1.25 bits per heavy atom. The summed E-state index contributed by atoms with van der Waals surface area (Å²) in [4.78, 5) is 16.7. The van der Waals surface area contributed by atoms with Crippen molar-refractivity contribution in [3.63, 3.8) is 0 Å². The van der Waals surface area contributed by atoms with Crippen LogP contribution in [0.15, 0.2) is 47.5 Å². The Labute approximate surface area is 141 Å². The van der Waals surface area contributed by atoms with Crippen molar-refractivity contribution in [3.05, 3.63) is 53.7 Å². The molecule has 3 nitrogen and oxygen atoms in total. The first kappa shape index (κ1) is 17.2. The zero-order valence-corrected chi connectivity index (χ0v) is 14.9. The number of pyridine rings is 1. The van der Waals surface area contributed by atoms with E-state index in [9.17, 15) is 4.79 Å². The lowest BCUT2D eigenvalue weighted by molar-refractivity contribution is -0.109. The number of anilines is 1. The summed E-state index contributed by atoms with van der Waals surface area (Å²) in [6.07, 6.45) is 4.48. The number of benzene rings is 1. The fraction of sp³-hybridized carbons (Fsp3) is 0.143. The van der Waals surface area contributed by atoms with Crippen LogP contribution in [0.5, 0.6) is 0 Å². The number of aromatic nitrogens is 1. The molecule has 2 N–H and O–H groups in total. The third-order valence-corrected chi connectivity index (χ3v) is 4.72. The minimum absolute atomic E-state index is 0. The van der Waals surface area contributed by atoms with Crippen molar-refractivity contribution >= 4 is 56.8 Å². The second-order valence-electron chi connectivity index (χ2n) is 4.03. The monoisotopic (exact) mass is 416 g/mol. The summed E-state index contributed by atoms with van der Waals surface area (Å²) in [6, 6.07) is 11.3. The molecule has 1 heterocycles. The molecule has 2 aromatic rings. The van der Waals surface area contributed by atoms with Crippen LogP contribution in [-0.2, 0) is 9.12 Å². The first-order valence-electron chi connectivity index (χ1n) is 5.62. The van der Waals surface area contributed by atoms with Gasteiger partial charge in [0.25, 0.3) is 0 Å². The Hall–Kier alpha value is -0.850. The molecule has 0 aliphatic rings. The van der Waals surface area contributed by atoms with Crippen LogP contribution < -0.4 is 5.73 Å². The van der Waals surface area contributed by atoms with Crippen molar-refractivity contribution in [2.45, 2.75) is 9.22 Å². The van der Waals surface area contributed by atoms with Crippen LogP contribution in [0.1, 0.15) is 11.1 Å². The van der Waals surface area contributed by atoms with E-state index in [0.29, 0.717) is 5.82 Å². The van der Waals surface area contributed by atoms with Crippen LogP contribution in [0.3, 0.4) is 0 Å². The molecule has 0 radical (unpaired) electrons. The summed E-state index contributed by atoms with van der Waals surface area (Å²) in [5, 5.41) is 0. The second kappa shape index (κ2) is 7.24. The molecule has 0 aliphatic heterocycles. The van der Waals surface area contributed by atoms with E-state index in [4.69, 9.17) is 5.73 Å². The number of nitrogens with two attached hydrogens (primary N) is 1. The molecular formula is C14H14Br2N2OS. The molecular weight excluding hydrogens is 404 g/mol. The van der Waals surface area contributed by atoms with Gasteiger partial charge in [-0.2, -0.15) is 0 Å². The number of rotatable bonds is 4. The first-order chi connectivity index (χ1) is 9.10. The average Bonchev–Trinajstić information content (AvgIpc) is 2.46. The SMILES string of the molecule is Br.CSc1ccc(C(Br)(C=O)c2ccnc(N)c2)cc1. The molecule has 106 valence electrons. The van der Waals surface area contributed by atoms with Crippen LogP contribution in [0, 0.1) is 0 Å². The predicted octanol–water partition coefficient (Wildman–Crippen LogP) is 3.80. The van der Waals surface area contributed by atoms with Gasteiger partial charge in [0, 0.05) is 11.1 Å². The van der Waals surface area contributed by atoms with Crippen molar-refractivity contribution in [2.24, 2.45) is 0 Å². The number of nitrogen functional groups attached to an aromatic ring is 1. The van der Waals surface area contributed by atoms with Gasteiger partial charge in [0.2, 0.25) is 0 Å². The Morgan fingerprint density at radius 3 is 2.40 bits per heavy atom. The van der Waals surface area contributed by atoms with Crippen molar-refractivity contribution in [1.82, 2.24) is 4.98 Å². The van der Waals surface area contributed by atoms with Crippen molar-refractivity contribution < 1.29 is 4.79 Å².